The SMILES string of the molecule is CCOc1cc(C=Nc2ccccc2)cc(Br)c1OCc1cccc2ccccc12. The topological polar surface area (TPSA) is 30.8 Å². The lowest BCUT2D eigenvalue weighted by Crippen LogP contribution is -2.02. The van der Waals surface area contributed by atoms with Crippen LogP contribution in [-0.2, 0) is 6.61 Å². The Hall–Kier alpha value is -3.11. The number of rotatable bonds is 7. The quantitative estimate of drug-likeness (QED) is 0.270. The molecule has 0 amide bonds. The monoisotopic (exact) mass is 459 g/mol. The summed E-state index contributed by atoms with van der Waals surface area (Å²) < 4.78 is 12.9. The molecule has 4 aromatic carbocycles. The maximum absolute atomic E-state index is 6.22. The number of hydrogen-bond acceptors (Lipinski definition) is 3. The fraction of sp³-hybridized carbons (Fsp3) is 0.115. The molecule has 0 radical (unpaired) electrons. The first-order valence-corrected chi connectivity index (χ1v) is 10.7. The van der Waals surface area contributed by atoms with Crippen LogP contribution in [0.3, 0.4) is 0 Å². The molecule has 0 aliphatic carbocycles. The van der Waals surface area contributed by atoms with E-state index in [1.165, 1.54) is 10.8 Å². The average molecular weight is 460 g/mol. The van der Waals surface area contributed by atoms with Gasteiger partial charge in [-0.2, -0.15) is 0 Å². The number of para-hydroxylation sites is 1. The Labute approximate surface area is 185 Å². The van der Waals surface area contributed by atoms with Gasteiger partial charge in [-0.15, -0.1) is 0 Å². The average Bonchev–Trinajstić information content (AvgIpc) is 2.78. The van der Waals surface area contributed by atoms with Crippen LogP contribution in [0.25, 0.3) is 10.8 Å². The van der Waals surface area contributed by atoms with Crippen LogP contribution in [0.5, 0.6) is 11.5 Å². The Bertz CT molecular complexity index is 1170. The zero-order valence-electron chi connectivity index (χ0n) is 16.7. The van der Waals surface area contributed by atoms with Crippen molar-refractivity contribution in [1.29, 1.82) is 0 Å². The lowest BCUT2D eigenvalue weighted by atomic mass is 10.1. The molecule has 0 aliphatic rings. The lowest BCUT2D eigenvalue weighted by molar-refractivity contribution is 0.268. The molecular formula is C26H22BrNO2. The number of benzene rings is 4. The van der Waals surface area contributed by atoms with Crippen LogP contribution in [0.1, 0.15) is 18.1 Å². The molecule has 30 heavy (non-hydrogen) atoms. The third kappa shape index (κ3) is 4.71. The molecule has 0 fully saturated rings. The summed E-state index contributed by atoms with van der Waals surface area (Å²) in [6.45, 7) is 2.97. The molecule has 0 N–H and O–H groups in total. The molecule has 0 saturated heterocycles. The number of ether oxygens (including phenoxy) is 2. The molecule has 0 aliphatic heterocycles. The van der Waals surface area contributed by atoms with Gasteiger partial charge < -0.3 is 9.47 Å². The van der Waals surface area contributed by atoms with E-state index in [0.29, 0.717) is 24.7 Å². The van der Waals surface area contributed by atoms with Crippen LogP contribution in [0.15, 0.2) is 94.4 Å². The molecule has 0 aromatic heterocycles. The van der Waals surface area contributed by atoms with Gasteiger partial charge in [-0.05, 0) is 69.0 Å². The number of fused-ring (bicyclic) bond motifs is 1. The zero-order valence-corrected chi connectivity index (χ0v) is 18.3. The first-order chi connectivity index (χ1) is 14.7. The number of aliphatic imine (C=N–C) groups is 1. The fourth-order valence-electron chi connectivity index (χ4n) is 3.30. The predicted molar refractivity (Wildman–Crippen MR) is 127 cm³/mol. The number of nitrogens with zero attached hydrogens (tertiary/aromatic N) is 1. The Kier molecular flexibility index (Phi) is 6.45. The molecule has 0 heterocycles. The van der Waals surface area contributed by atoms with Gasteiger partial charge in [0.2, 0.25) is 0 Å². The second-order valence-corrected chi connectivity index (χ2v) is 7.64. The van der Waals surface area contributed by atoms with Crippen LogP contribution in [-0.4, -0.2) is 12.8 Å². The van der Waals surface area contributed by atoms with E-state index in [2.05, 4.69) is 51.3 Å². The van der Waals surface area contributed by atoms with E-state index in [9.17, 15) is 0 Å². The molecule has 0 saturated carbocycles. The molecule has 0 bridgehead atoms. The van der Waals surface area contributed by atoms with Crippen molar-refractivity contribution in [1.82, 2.24) is 0 Å². The highest BCUT2D eigenvalue weighted by atomic mass is 79.9. The zero-order chi connectivity index (χ0) is 20.8. The van der Waals surface area contributed by atoms with Crippen molar-refractivity contribution in [3.8, 4) is 11.5 Å². The van der Waals surface area contributed by atoms with Crippen molar-refractivity contribution in [3.05, 3.63) is 101 Å². The minimum atomic E-state index is 0.456. The maximum atomic E-state index is 6.22. The van der Waals surface area contributed by atoms with Crippen LogP contribution in [0, 0.1) is 0 Å². The Morgan fingerprint density at radius 2 is 1.63 bits per heavy atom. The predicted octanol–water partition coefficient (Wildman–Crippen LogP) is 7.33. The summed E-state index contributed by atoms with van der Waals surface area (Å²) >= 11 is 3.65. The molecule has 150 valence electrons. The standard InChI is InChI=1S/C26H22BrNO2/c1-2-29-25-16-19(17-28-22-12-4-3-5-13-22)15-24(27)26(25)30-18-21-11-8-10-20-9-6-7-14-23(20)21/h3-17H,2,18H2,1H3. The molecule has 4 aromatic rings. The minimum Gasteiger partial charge on any atom is -0.490 e. The van der Waals surface area contributed by atoms with Gasteiger partial charge in [0.1, 0.15) is 6.61 Å². The number of halogens is 1. The van der Waals surface area contributed by atoms with Crippen molar-refractivity contribution in [2.45, 2.75) is 13.5 Å². The van der Waals surface area contributed by atoms with Crippen LogP contribution in [0.4, 0.5) is 5.69 Å². The Morgan fingerprint density at radius 3 is 2.47 bits per heavy atom. The van der Waals surface area contributed by atoms with E-state index in [1.807, 2.05) is 67.7 Å². The van der Waals surface area contributed by atoms with Crippen LogP contribution in [0.2, 0.25) is 0 Å². The smallest absolute Gasteiger partial charge is 0.175 e. The van der Waals surface area contributed by atoms with E-state index in [0.717, 1.165) is 21.3 Å². The van der Waals surface area contributed by atoms with Crippen molar-refractivity contribution in [2.24, 2.45) is 4.99 Å². The summed E-state index contributed by atoms with van der Waals surface area (Å²) in [7, 11) is 0. The van der Waals surface area contributed by atoms with E-state index < -0.39 is 0 Å². The molecule has 4 heteroatoms. The van der Waals surface area contributed by atoms with Gasteiger partial charge in [0.15, 0.2) is 11.5 Å². The Balaban J connectivity index is 1.60. The summed E-state index contributed by atoms with van der Waals surface area (Å²) in [4.78, 5) is 4.53. The summed E-state index contributed by atoms with van der Waals surface area (Å²) in [5, 5.41) is 2.40. The Morgan fingerprint density at radius 1 is 0.867 bits per heavy atom. The molecule has 4 rings (SSSR count). The normalized spacial score (nSPS) is 11.1. The summed E-state index contributed by atoms with van der Waals surface area (Å²) in [6, 6.07) is 28.4. The fourth-order valence-corrected chi connectivity index (χ4v) is 3.87. The van der Waals surface area contributed by atoms with Crippen molar-refractivity contribution in [3.63, 3.8) is 0 Å². The molecule has 0 spiro atoms. The third-order valence-corrected chi connectivity index (χ3v) is 5.29. The van der Waals surface area contributed by atoms with Gasteiger partial charge in [-0.1, -0.05) is 60.7 Å². The van der Waals surface area contributed by atoms with Gasteiger partial charge in [0.25, 0.3) is 0 Å². The highest BCUT2D eigenvalue weighted by Gasteiger charge is 2.13. The number of hydrogen-bond donors (Lipinski definition) is 0. The van der Waals surface area contributed by atoms with Crippen molar-refractivity contribution < 1.29 is 9.47 Å². The second-order valence-electron chi connectivity index (χ2n) is 6.78. The molecular weight excluding hydrogens is 438 g/mol. The molecule has 3 nitrogen and oxygen atoms in total. The first kappa shape index (κ1) is 20.2. The van der Waals surface area contributed by atoms with E-state index in [1.54, 1.807) is 0 Å². The van der Waals surface area contributed by atoms with E-state index >= 15 is 0 Å². The summed E-state index contributed by atoms with van der Waals surface area (Å²) in [6.07, 6.45) is 1.83. The van der Waals surface area contributed by atoms with Gasteiger partial charge in [0, 0.05) is 6.21 Å². The first-order valence-electron chi connectivity index (χ1n) is 9.89. The lowest BCUT2D eigenvalue weighted by Gasteiger charge is -2.15. The largest absolute Gasteiger partial charge is 0.490 e. The van der Waals surface area contributed by atoms with Gasteiger partial charge in [-0.25, -0.2) is 0 Å². The second kappa shape index (κ2) is 9.59. The maximum Gasteiger partial charge on any atom is 0.175 e. The van der Waals surface area contributed by atoms with Gasteiger partial charge in [-0.3, -0.25) is 4.99 Å². The van der Waals surface area contributed by atoms with E-state index in [4.69, 9.17) is 9.47 Å². The summed E-state index contributed by atoms with van der Waals surface area (Å²) in [5.74, 6) is 1.39. The van der Waals surface area contributed by atoms with E-state index in [-0.39, 0.29) is 0 Å². The van der Waals surface area contributed by atoms with Crippen molar-refractivity contribution in [2.75, 3.05) is 6.61 Å². The van der Waals surface area contributed by atoms with Gasteiger partial charge >= 0.3 is 0 Å². The third-order valence-electron chi connectivity index (χ3n) is 4.70. The highest BCUT2D eigenvalue weighted by molar-refractivity contribution is 9.10. The minimum absolute atomic E-state index is 0.456. The molecule has 0 atom stereocenters. The van der Waals surface area contributed by atoms with Crippen LogP contribution < -0.4 is 9.47 Å². The highest BCUT2D eigenvalue weighted by Crippen LogP contribution is 2.37. The van der Waals surface area contributed by atoms with Crippen LogP contribution >= 0.6 is 15.9 Å². The summed E-state index contributed by atoms with van der Waals surface area (Å²) in [5.41, 5.74) is 2.98. The van der Waals surface area contributed by atoms with Crippen molar-refractivity contribution >= 4 is 38.6 Å². The molecule has 0 unspecified atom stereocenters. The van der Waals surface area contributed by atoms with Gasteiger partial charge in [0.05, 0.1) is 16.8 Å².